The normalized spacial score (nSPS) is 11.4. The summed E-state index contributed by atoms with van der Waals surface area (Å²) < 4.78 is 0. The van der Waals surface area contributed by atoms with E-state index in [1.165, 1.54) is 25.1 Å². The van der Waals surface area contributed by atoms with Crippen LogP contribution in [0.2, 0.25) is 15.1 Å². The summed E-state index contributed by atoms with van der Waals surface area (Å²) in [4.78, 5) is 36.1. The van der Waals surface area contributed by atoms with Gasteiger partial charge in [-0.1, -0.05) is 40.9 Å². The van der Waals surface area contributed by atoms with Crippen LogP contribution in [0.15, 0.2) is 42.5 Å². The fourth-order valence-electron chi connectivity index (χ4n) is 1.92. The summed E-state index contributed by atoms with van der Waals surface area (Å²) in [5, 5.41) is 3.28. The Morgan fingerprint density at radius 1 is 0.885 bits per heavy atom. The highest BCUT2D eigenvalue weighted by atomic mass is 35.5. The third-order valence-electron chi connectivity index (χ3n) is 3.34. The molecule has 3 N–H and O–H groups in total. The minimum Gasteiger partial charge on any atom is -0.340 e. The lowest BCUT2D eigenvalue weighted by Crippen LogP contribution is -2.51. The van der Waals surface area contributed by atoms with Crippen molar-refractivity contribution in [1.29, 1.82) is 0 Å². The molecule has 0 fully saturated rings. The van der Waals surface area contributed by atoms with Crippen molar-refractivity contribution in [2.75, 3.05) is 0 Å². The Kier molecular flexibility index (Phi) is 6.85. The van der Waals surface area contributed by atoms with Crippen molar-refractivity contribution in [1.82, 2.24) is 16.2 Å². The first-order chi connectivity index (χ1) is 12.3. The molecule has 26 heavy (non-hydrogen) atoms. The molecule has 136 valence electrons. The first-order valence-corrected chi connectivity index (χ1v) is 8.53. The van der Waals surface area contributed by atoms with Gasteiger partial charge < -0.3 is 5.32 Å². The molecule has 6 nitrogen and oxygen atoms in total. The average molecular weight is 415 g/mol. The van der Waals surface area contributed by atoms with Crippen LogP contribution >= 0.6 is 34.8 Å². The van der Waals surface area contributed by atoms with Gasteiger partial charge in [-0.05, 0) is 43.3 Å². The van der Waals surface area contributed by atoms with Crippen LogP contribution in [0.3, 0.4) is 0 Å². The molecule has 0 saturated heterocycles. The Morgan fingerprint density at radius 3 is 2.19 bits per heavy atom. The fraction of sp³-hybridized carbons (Fsp3) is 0.118. The van der Waals surface area contributed by atoms with Gasteiger partial charge in [0.2, 0.25) is 0 Å². The van der Waals surface area contributed by atoms with Crippen LogP contribution in [0.5, 0.6) is 0 Å². The van der Waals surface area contributed by atoms with Gasteiger partial charge in [-0.15, -0.1) is 0 Å². The molecule has 3 amide bonds. The van der Waals surface area contributed by atoms with Gasteiger partial charge in [-0.25, -0.2) is 0 Å². The predicted octanol–water partition coefficient (Wildman–Crippen LogP) is 3.23. The predicted molar refractivity (Wildman–Crippen MR) is 100 cm³/mol. The van der Waals surface area contributed by atoms with Crippen LogP contribution in [0.4, 0.5) is 0 Å². The van der Waals surface area contributed by atoms with Crippen LogP contribution in [-0.2, 0) is 4.79 Å². The Balaban J connectivity index is 1.91. The van der Waals surface area contributed by atoms with E-state index in [1.54, 1.807) is 24.3 Å². The summed E-state index contributed by atoms with van der Waals surface area (Å²) in [7, 11) is 0. The Hall–Kier alpha value is -2.28. The molecule has 0 aliphatic heterocycles. The smallest absolute Gasteiger partial charge is 0.269 e. The number of hydrazine groups is 1. The SMILES string of the molecule is CC(NC(=O)c1cccc(Cl)c1Cl)C(=O)NNC(=O)c1ccc(Cl)cc1. The highest BCUT2D eigenvalue weighted by molar-refractivity contribution is 6.43. The summed E-state index contributed by atoms with van der Waals surface area (Å²) in [6.07, 6.45) is 0. The van der Waals surface area contributed by atoms with E-state index in [9.17, 15) is 14.4 Å². The summed E-state index contributed by atoms with van der Waals surface area (Å²) in [6, 6.07) is 9.79. The van der Waals surface area contributed by atoms with Crippen molar-refractivity contribution in [3.8, 4) is 0 Å². The first kappa shape index (κ1) is 20.0. The summed E-state index contributed by atoms with van der Waals surface area (Å²) in [6.45, 7) is 1.46. The summed E-state index contributed by atoms with van der Waals surface area (Å²) in [5.74, 6) is -1.70. The quantitative estimate of drug-likeness (QED) is 0.671. The lowest BCUT2D eigenvalue weighted by molar-refractivity contribution is -0.123. The van der Waals surface area contributed by atoms with E-state index in [1.807, 2.05) is 0 Å². The van der Waals surface area contributed by atoms with Gasteiger partial charge in [-0.3, -0.25) is 25.2 Å². The minimum absolute atomic E-state index is 0.0929. The summed E-state index contributed by atoms with van der Waals surface area (Å²) >= 11 is 17.6. The molecule has 0 heterocycles. The Labute approximate surface area is 164 Å². The van der Waals surface area contributed by atoms with E-state index in [2.05, 4.69) is 16.2 Å². The van der Waals surface area contributed by atoms with Crippen molar-refractivity contribution in [2.24, 2.45) is 0 Å². The highest BCUT2D eigenvalue weighted by Crippen LogP contribution is 2.25. The van der Waals surface area contributed by atoms with E-state index in [-0.39, 0.29) is 15.6 Å². The van der Waals surface area contributed by atoms with Crippen LogP contribution in [0.1, 0.15) is 27.6 Å². The van der Waals surface area contributed by atoms with Crippen molar-refractivity contribution in [3.05, 3.63) is 68.7 Å². The van der Waals surface area contributed by atoms with E-state index >= 15 is 0 Å². The molecule has 0 aliphatic rings. The van der Waals surface area contributed by atoms with Crippen LogP contribution in [0.25, 0.3) is 0 Å². The fourth-order valence-corrected chi connectivity index (χ4v) is 2.43. The molecular formula is C17H14Cl3N3O3. The van der Waals surface area contributed by atoms with Gasteiger partial charge in [-0.2, -0.15) is 0 Å². The minimum atomic E-state index is -0.928. The number of hydrogen-bond donors (Lipinski definition) is 3. The van der Waals surface area contributed by atoms with Crippen molar-refractivity contribution < 1.29 is 14.4 Å². The van der Waals surface area contributed by atoms with Crippen LogP contribution in [0, 0.1) is 0 Å². The number of rotatable bonds is 4. The number of carbonyl (C=O) groups excluding carboxylic acids is 3. The molecule has 0 aromatic heterocycles. The zero-order chi connectivity index (χ0) is 19.3. The second-order valence-electron chi connectivity index (χ2n) is 5.25. The van der Waals surface area contributed by atoms with Gasteiger partial charge in [0.15, 0.2) is 0 Å². The summed E-state index contributed by atoms with van der Waals surface area (Å²) in [5.41, 5.74) is 4.94. The third-order valence-corrected chi connectivity index (χ3v) is 4.41. The molecule has 0 aliphatic carbocycles. The molecule has 0 saturated carbocycles. The van der Waals surface area contributed by atoms with Gasteiger partial charge >= 0.3 is 0 Å². The zero-order valence-electron chi connectivity index (χ0n) is 13.5. The maximum Gasteiger partial charge on any atom is 0.269 e. The monoisotopic (exact) mass is 413 g/mol. The number of carbonyl (C=O) groups is 3. The van der Waals surface area contributed by atoms with E-state index in [0.29, 0.717) is 10.6 Å². The van der Waals surface area contributed by atoms with Gasteiger partial charge in [0.05, 0.1) is 15.6 Å². The van der Waals surface area contributed by atoms with Gasteiger partial charge in [0, 0.05) is 10.6 Å². The van der Waals surface area contributed by atoms with Gasteiger partial charge in [0.1, 0.15) is 6.04 Å². The molecule has 0 radical (unpaired) electrons. The van der Waals surface area contributed by atoms with E-state index in [0.717, 1.165) is 0 Å². The van der Waals surface area contributed by atoms with Crippen LogP contribution < -0.4 is 16.2 Å². The molecule has 0 spiro atoms. The molecule has 2 aromatic carbocycles. The highest BCUT2D eigenvalue weighted by Gasteiger charge is 2.19. The second-order valence-corrected chi connectivity index (χ2v) is 6.47. The van der Waals surface area contributed by atoms with Crippen molar-refractivity contribution in [3.63, 3.8) is 0 Å². The average Bonchev–Trinajstić information content (AvgIpc) is 2.62. The third kappa shape index (κ3) is 5.11. The molecule has 1 unspecified atom stereocenters. The zero-order valence-corrected chi connectivity index (χ0v) is 15.7. The Morgan fingerprint density at radius 2 is 1.54 bits per heavy atom. The van der Waals surface area contributed by atoms with Crippen molar-refractivity contribution >= 4 is 52.5 Å². The number of benzene rings is 2. The number of nitrogens with one attached hydrogen (secondary N) is 3. The number of hydrogen-bond acceptors (Lipinski definition) is 3. The number of halogens is 3. The molecule has 0 bridgehead atoms. The van der Waals surface area contributed by atoms with E-state index < -0.39 is 23.8 Å². The first-order valence-electron chi connectivity index (χ1n) is 7.40. The lowest BCUT2D eigenvalue weighted by atomic mass is 10.2. The lowest BCUT2D eigenvalue weighted by Gasteiger charge is -2.15. The standard InChI is InChI=1S/C17H14Cl3N3O3/c1-9(21-17(26)12-3-2-4-13(19)14(12)20)15(24)22-23-16(25)10-5-7-11(18)8-6-10/h2-9H,1H3,(H,21,26)(H,22,24)(H,23,25). The Bertz CT molecular complexity index is 841. The largest absolute Gasteiger partial charge is 0.340 e. The molecule has 2 aromatic rings. The van der Waals surface area contributed by atoms with E-state index in [4.69, 9.17) is 34.8 Å². The molecule has 2 rings (SSSR count). The molecule has 9 heteroatoms. The maximum atomic E-state index is 12.2. The molecule has 1 atom stereocenters. The topological polar surface area (TPSA) is 87.3 Å². The number of amides is 3. The van der Waals surface area contributed by atoms with Gasteiger partial charge in [0.25, 0.3) is 17.7 Å². The second kappa shape index (κ2) is 8.89. The maximum absolute atomic E-state index is 12.2. The van der Waals surface area contributed by atoms with Crippen LogP contribution in [-0.4, -0.2) is 23.8 Å². The molecular weight excluding hydrogens is 401 g/mol. The van der Waals surface area contributed by atoms with Crippen molar-refractivity contribution in [2.45, 2.75) is 13.0 Å².